The summed E-state index contributed by atoms with van der Waals surface area (Å²) in [6.45, 7) is 4.77. The van der Waals surface area contributed by atoms with E-state index >= 15 is 0 Å². The first kappa shape index (κ1) is 34.8. The Kier molecular flexibility index (Phi) is 7.75. The molecule has 8 aromatic carbocycles. The maximum absolute atomic E-state index is 2.56. The molecule has 9 aromatic rings. The molecule has 0 atom stereocenters. The minimum Gasteiger partial charge on any atom is -0.310 e. The Morgan fingerprint density at radius 1 is 0.441 bits per heavy atom. The smallest absolute Gasteiger partial charge is 0.0554 e. The Hall–Kier alpha value is -6.22. The first-order valence-electron chi connectivity index (χ1n) is 21.4. The number of thiophene rings is 1. The average molecular weight is 776 g/mol. The summed E-state index contributed by atoms with van der Waals surface area (Å²) in [5, 5.41) is 2.64. The van der Waals surface area contributed by atoms with Crippen LogP contribution in [0.2, 0.25) is 0 Å². The second kappa shape index (κ2) is 13.1. The van der Waals surface area contributed by atoms with Crippen molar-refractivity contribution < 1.29 is 0 Å². The topological polar surface area (TPSA) is 3.24 Å². The van der Waals surface area contributed by atoms with Crippen molar-refractivity contribution in [2.24, 2.45) is 0 Å². The van der Waals surface area contributed by atoms with Crippen molar-refractivity contribution in [1.82, 2.24) is 0 Å². The summed E-state index contributed by atoms with van der Waals surface area (Å²) in [4.78, 5) is 2.54. The van der Waals surface area contributed by atoms with Crippen LogP contribution in [0.3, 0.4) is 0 Å². The molecule has 1 heterocycles. The zero-order valence-corrected chi connectivity index (χ0v) is 34.5. The van der Waals surface area contributed by atoms with Gasteiger partial charge in [0.25, 0.3) is 0 Å². The highest BCUT2D eigenvalue weighted by Gasteiger charge is 2.44. The van der Waals surface area contributed by atoms with Gasteiger partial charge >= 0.3 is 0 Å². The highest BCUT2D eigenvalue weighted by Crippen LogP contribution is 2.58. The predicted molar refractivity (Wildman–Crippen MR) is 252 cm³/mol. The fourth-order valence-electron chi connectivity index (χ4n) is 11.5. The molecule has 3 aliphatic carbocycles. The maximum atomic E-state index is 2.56. The monoisotopic (exact) mass is 775 g/mol. The van der Waals surface area contributed by atoms with Crippen molar-refractivity contribution in [2.45, 2.75) is 56.8 Å². The van der Waals surface area contributed by atoms with Crippen LogP contribution in [0.5, 0.6) is 0 Å². The highest BCUT2D eigenvalue weighted by molar-refractivity contribution is 7.26. The molecule has 1 spiro atoms. The second-order valence-corrected chi connectivity index (χ2v) is 18.6. The minimum absolute atomic E-state index is 0.0774. The zero-order chi connectivity index (χ0) is 39.3. The van der Waals surface area contributed by atoms with E-state index in [2.05, 4.69) is 195 Å². The molecular formula is C57H45NS. The predicted octanol–water partition coefficient (Wildman–Crippen LogP) is 16.4. The first-order chi connectivity index (χ1) is 29.0. The van der Waals surface area contributed by atoms with Crippen LogP contribution in [0, 0.1) is 0 Å². The van der Waals surface area contributed by atoms with Crippen LogP contribution in [-0.2, 0) is 10.8 Å². The lowest BCUT2D eigenvalue weighted by molar-refractivity contribution is 0.353. The Balaban J connectivity index is 1.02. The lowest BCUT2D eigenvalue weighted by Crippen LogP contribution is -2.28. The molecule has 0 amide bonds. The van der Waals surface area contributed by atoms with E-state index < -0.39 is 0 Å². The van der Waals surface area contributed by atoms with Gasteiger partial charge in [-0.3, -0.25) is 0 Å². The molecule has 59 heavy (non-hydrogen) atoms. The zero-order valence-electron chi connectivity index (χ0n) is 33.6. The molecule has 3 aliphatic rings. The standard InChI is InChI=1S/C57H45NS/c1-56(2)48-23-9-6-19-43(48)46-22-14-21-45(55(46)56)41-17-5-4-16-40(41)37-28-30-38(31-29-37)58(51-25-15-27-53-54(51)47-20-8-11-26-52(47)59-53)39-32-33-44-42-18-7-10-24-49(42)57(50(44)36-39)34-12-3-13-35-57/h4-11,14-33,36H,3,12-13,34-35H2,1-2H3. The van der Waals surface area contributed by atoms with Crippen molar-refractivity contribution in [3.05, 3.63) is 198 Å². The van der Waals surface area contributed by atoms with Crippen LogP contribution in [-0.4, -0.2) is 0 Å². The van der Waals surface area contributed by atoms with E-state index in [0.717, 1.165) is 0 Å². The van der Waals surface area contributed by atoms with Gasteiger partial charge in [0, 0.05) is 42.4 Å². The van der Waals surface area contributed by atoms with E-state index in [1.54, 1.807) is 0 Å². The van der Waals surface area contributed by atoms with E-state index in [1.807, 2.05) is 11.3 Å². The van der Waals surface area contributed by atoms with Gasteiger partial charge in [0.15, 0.2) is 0 Å². The van der Waals surface area contributed by atoms with Crippen molar-refractivity contribution in [3.8, 4) is 44.5 Å². The third-order valence-electron chi connectivity index (χ3n) is 14.1. The van der Waals surface area contributed by atoms with Crippen molar-refractivity contribution in [3.63, 3.8) is 0 Å². The van der Waals surface area contributed by atoms with Gasteiger partial charge in [-0.05, 0) is 122 Å². The van der Waals surface area contributed by atoms with E-state index in [9.17, 15) is 0 Å². The van der Waals surface area contributed by atoms with Gasteiger partial charge in [0.05, 0.1) is 5.69 Å². The highest BCUT2D eigenvalue weighted by atomic mass is 32.1. The van der Waals surface area contributed by atoms with Gasteiger partial charge in [-0.2, -0.15) is 0 Å². The summed E-state index contributed by atoms with van der Waals surface area (Å²) in [6.07, 6.45) is 6.31. The van der Waals surface area contributed by atoms with Crippen LogP contribution < -0.4 is 4.90 Å². The molecule has 0 bridgehead atoms. The van der Waals surface area contributed by atoms with Crippen LogP contribution >= 0.6 is 11.3 Å². The summed E-state index contributed by atoms with van der Waals surface area (Å²) >= 11 is 1.89. The van der Waals surface area contributed by atoms with Crippen LogP contribution in [0.15, 0.2) is 176 Å². The van der Waals surface area contributed by atoms with Crippen LogP contribution in [0.4, 0.5) is 17.1 Å². The van der Waals surface area contributed by atoms with E-state index in [-0.39, 0.29) is 10.8 Å². The van der Waals surface area contributed by atoms with Crippen LogP contribution in [0.1, 0.15) is 68.2 Å². The van der Waals surface area contributed by atoms with Gasteiger partial charge in [-0.15, -0.1) is 11.3 Å². The van der Waals surface area contributed by atoms with Gasteiger partial charge < -0.3 is 4.90 Å². The molecule has 1 fully saturated rings. The summed E-state index contributed by atoms with van der Waals surface area (Å²) in [5.41, 5.74) is 20.1. The summed E-state index contributed by atoms with van der Waals surface area (Å²) in [6, 6.07) is 66.6. The lowest BCUT2D eigenvalue weighted by Gasteiger charge is -2.36. The molecule has 1 nitrogen and oxygen atoms in total. The summed E-state index contributed by atoms with van der Waals surface area (Å²) in [5.74, 6) is 0. The molecule has 12 rings (SSSR count). The Morgan fingerprint density at radius 3 is 1.81 bits per heavy atom. The Morgan fingerprint density at radius 2 is 1.02 bits per heavy atom. The molecule has 0 radical (unpaired) electrons. The number of fused-ring (bicyclic) bond motifs is 11. The van der Waals surface area contributed by atoms with E-state index in [1.165, 1.54) is 136 Å². The van der Waals surface area contributed by atoms with Crippen molar-refractivity contribution in [1.29, 1.82) is 0 Å². The number of nitrogens with zero attached hydrogens (tertiary/aromatic N) is 1. The molecule has 284 valence electrons. The largest absolute Gasteiger partial charge is 0.310 e. The van der Waals surface area contributed by atoms with Gasteiger partial charge in [0.2, 0.25) is 0 Å². The normalized spacial score (nSPS) is 15.6. The molecule has 0 aliphatic heterocycles. The number of rotatable bonds is 5. The third kappa shape index (κ3) is 5.09. The number of benzene rings is 8. The second-order valence-electron chi connectivity index (χ2n) is 17.5. The lowest BCUT2D eigenvalue weighted by atomic mass is 9.68. The number of hydrogen-bond donors (Lipinski definition) is 0. The summed E-state index contributed by atoms with van der Waals surface area (Å²) in [7, 11) is 0. The number of anilines is 3. The molecular weight excluding hydrogens is 731 g/mol. The molecule has 2 heteroatoms. The fourth-order valence-corrected chi connectivity index (χ4v) is 12.6. The van der Waals surface area contributed by atoms with Gasteiger partial charge in [-0.25, -0.2) is 0 Å². The van der Waals surface area contributed by atoms with E-state index in [4.69, 9.17) is 0 Å². The Bertz CT molecular complexity index is 3120. The molecule has 0 saturated heterocycles. The maximum Gasteiger partial charge on any atom is 0.0554 e. The van der Waals surface area contributed by atoms with Crippen molar-refractivity contribution in [2.75, 3.05) is 4.90 Å². The van der Waals surface area contributed by atoms with Gasteiger partial charge in [0.1, 0.15) is 0 Å². The molecule has 0 N–H and O–H groups in total. The SMILES string of the molecule is CC1(C)c2ccccc2-c2cccc(-c3ccccc3-c3ccc(N(c4ccc5c(c4)C4(CCCCC4)c4ccccc4-5)c4cccc5sc6ccccc6c45)cc3)c21. The summed E-state index contributed by atoms with van der Waals surface area (Å²) < 4.78 is 2.64. The Labute approximate surface area is 351 Å². The average Bonchev–Trinajstić information content (AvgIpc) is 3.88. The molecule has 1 aromatic heterocycles. The van der Waals surface area contributed by atoms with Crippen LogP contribution in [0.25, 0.3) is 64.7 Å². The van der Waals surface area contributed by atoms with Gasteiger partial charge in [-0.1, -0.05) is 167 Å². The van der Waals surface area contributed by atoms with Crippen molar-refractivity contribution >= 4 is 48.6 Å². The first-order valence-corrected chi connectivity index (χ1v) is 22.2. The van der Waals surface area contributed by atoms with E-state index in [0.29, 0.717) is 0 Å². The quantitative estimate of drug-likeness (QED) is 0.168. The molecule has 1 saturated carbocycles. The third-order valence-corrected chi connectivity index (χ3v) is 15.2. The fraction of sp³-hybridized carbons (Fsp3) is 0.158. The minimum atomic E-state index is -0.0970. The number of hydrogen-bond acceptors (Lipinski definition) is 2. The molecule has 0 unspecified atom stereocenters.